The van der Waals surface area contributed by atoms with Gasteiger partial charge in [0.1, 0.15) is 5.75 Å². The van der Waals surface area contributed by atoms with E-state index < -0.39 is 0 Å². The minimum absolute atomic E-state index is 0.604. The van der Waals surface area contributed by atoms with E-state index >= 15 is 0 Å². The summed E-state index contributed by atoms with van der Waals surface area (Å²) >= 11 is 1.95. The molecule has 4 rings (SSSR count). The molecule has 2 aliphatic rings. The summed E-state index contributed by atoms with van der Waals surface area (Å²) in [6, 6.07) is 13.1. The molecule has 0 saturated carbocycles. The van der Waals surface area contributed by atoms with E-state index in [1.165, 1.54) is 67.2 Å². The van der Waals surface area contributed by atoms with Crippen LogP contribution in [0.3, 0.4) is 0 Å². The number of nitrogens with zero attached hydrogens (tertiary/aromatic N) is 2. The highest BCUT2D eigenvalue weighted by atomic mass is 32.1. The van der Waals surface area contributed by atoms with Gasteiger partial charge in [0.2, 0.25) is 0 Å². The minimum atomic E-state index is 0.604. The molecule has 2 saturated heterocycles. The third-order valence-corrected chi connectivity index (χ3v) is 7.53. The van der Waals surface area contributed by atoms with Crippen molar-refractivity contribution in [2.75, 3.05) is 33.3 Å². The van der Waals surface area contributed by atoms with Crippen molar-refractivity contribution in [3.8, 4) is 5.75 Å². The van der Waals surface area contributed by atoms with E-state index in [0.717, 1.165) is 18.8 Å². The summed E-state index contributed by atoms with van der Waals surface area (Å²) in [7, 11) is 1.75. The number of rotatable bonds is 5. The fourth-order valence-electron chi connectivity index (χ4n) is 4.69. The first-order valence-electron chi connectivity index (χ1n) is 10.3. The molecule has 1 aromatic heterocycles. The van der Waals surface area contributed by atoms with Gasteiger partial charge in [0.15, 0.2) is 0 Å². The third-order valence-electron chi connectivity index (χ3n) is 6.55. The first-order chi connectivity index (χ1) is 13.1. The number of thiophene rings is 1. The van der Waals surface area contributed by atoms with Crippen molar-refractivity contribution in [2.24, 2.45) is 5.41 Å². The first-order valence-corrected chi connectivity index (χ1v) is 11.1. The smallest absolute Gasteiger partial charge is 0.119 e. The molecule has 1 aromatic carbocycles. The Morgan fingerprint density at radius 1 is 0.926 bits per heavy atom. The lowest BCUT2D eigenvalue weighted by molar-refractivity contribution is 0.0302. The molecule has 0 aliphatic carbocycles. The zero-order chi connectivity index (χ0) is 18.7. The summed E-state index contributed by atoms with van der Waals surface area (Å²) < 4.78 is 5.37. The lowest BCUT2D eigenvalue weighted by atomic mass is 9.71. The standard InChI is InChI=1S/C23H32N2OS/c1-19-6-7-22(27-19)18-25-14-10-23(11-15-25)8-12-24(13-9-23)17-20-4-3-5-21(16-20)26-2/h3-7,16H,8-15,17-18H2,1-2H3. The number of ether oxygens (including phenoxy) is 1. The van der Waals surface area contributed by atoms with Gasteiger partial charge in [-0.1, -0.05) is 12.1 Å². The maximum Gasteiger partial charge on any atom is 0.119 e. The first kappa shape index (κ1) is 19.0. The minimum Gasteiger partial charge on any atom is -0.497 e. The number of benzene rings is 1. The Kier molecular flexibility index (Phi) is 5.86. The van der Waals surface area contributed by atoms with Gasteiger partial charge in [-0.25, -0.2) is 0 Å². The van der Waals surface area contributed by atoms with Crippen molar-refractivity contribution < 1.29 is 4.74 Å². The van der Waals surface area contributed by atoms with Crippen LogP contribution in [-0.2, 0) is 13.1 Å². The number of hydrogen-bond donors (Lipinski definition) is 0. The summed E-state index contributed by atoms with van der Waals surface area (Å²) in [5, 5.41) is 0. The Morgan fingerprint density at radius 3 is 2.19 bits per heavy atom. The Bertz CT molecular complexity index is 738. The van der Waals surface area contributed by atoms with E-state index in [-0.39, 0.29) is 0 Å². The second-order valence-corrected chi connectivity index (χ2v) is 9.79. The molecule has 4 heteroatoms. The Hall–Kier alpha value is -1.36. The largest absolute Gasteiger partial charge is 0.497 e. The van der Waals surface area contributed by atoms with Gasteiger partial charge in [0.05, 0.1) is 7.11 Å². The Balaban J connectivity index is 1.25. The van der Waals surface area contributed by atoms with Gasteiger partial charge in [-0.05, 0) is 94.0 Å². The summed E-state index contributed by atoms with van der Waals surface area (Å²) in [4.78, 5) is 8.25. The van der Waals surface area contributed by atoms with Crippen LogP contribution in [-0.4, -0.2) is 43.1 Å². The summed E-state index contributed by atoms with van der Waals surface area (Å²) in [6.07, 6.45) is 5.49. The number of hydrogen-bond acceptors (Lipinski definition) is 4. The maximum atomic E-state index is 5.37. The lowest BCUT2D eigenvalue weighted by Crippen LogP contribution is -2.46. The van der Waals surface area contributed by atoms with Crippen LogP contribution in [0.15, 0.2) is 36.4 Å². The molecular formula is C23H32N2OS. The predicted octanol–water partition coefficient (Wildman–Crippen LogP) is 4.94. The maximum absolute atomic E-state index is 5.37. The fraction of sp³-hybridized carbons (Fsp3) is 0.565. The van der Waals surface area contributed by atoms with Gasteiger partial charge in [0.25, 0.3) is 0 Å². The average molecular weight is 385 g/mol. The van der Waals surface area contributed by atoms with Gasteiger partial charge in [-0.15, -0.1) is 11.3 Å². The van der Waals surface area contributed by atoms with Gasteiger partial charge >= 0.3 is 0 Å². The molecule has 1 spiro atoms. The molecule has 2 fully saturated rings. The average Bonchev–Trinajstić information content (AvgIpc) is 3.11. The molecule has 0 radical (unpaired) electrons. The second-order valence-electron chi connectivity index (χ2n) is 8.42. The highest BCUT2D eigenvalue weighted by Crippen LogP contribution is 2.42. The molecular weight excluding hydrogens is 352 g/mol. The van der Waals surface area contributed by atoms with Crippen LogP contribution in [0.1, 0.15) is 41.0 Å². The Morgan fingerprint density at radius 2 is 1.59 bits per heavy atom. The molecule has 27 heavy (non-hydrogen) atoms. The molecule has 3 heterocycles. The highest BCUT2D eigenvalue weighted by molar-refractivity contribution is 7.11. The van der Waals surface area contributed by atoms with Crippen molar-refractivity contribution in [2.45, 2.75) is 45.7 Å². The number of likely N-dealkylation sites (tertiary alicyclic amines) is 2. The van der Waals surface area contributed by atoms with Gasteiger partial charge < -0.3 is 4.74 Å². The predicted molar refractivity (Wildman–Crippen MR) is 114 cm³/mol. The molecule has 0 N–H and O–H groups in total. The van der Waals surface area contributed by atoms with E-state index in [9.17, 15) is 0 Å². The molecule has 2 aromatic rings. The van der Waals surface area contributed by atoms with E-state index in [2.05, 4.69) is 47.1 Å². The van der Waals surface area contributed by atoms with Crippen LogP contribution in [0.4, 0.5) is 0 Å². The van der Waals surface area contributed by atoms with E-state index in [0.29, 0.717) is 5.41 Å². The summed E-state index contributed by atoms with van der Waals surface area (Å²) in [6.45, 7) is 9.43. The van der Waals surface area contributed by atoms with Crippen LogP contribution in [0.25, 0.3) is 0 Å². The zero-order valence-corrected chi connectivity index (χ0v) is 17.6. The van der Waals surface area contributed by atoms with E-state index in [4.69, 9.17) is 4.74 Å². The highest BCUT2D eigenvalue weighted by Gasteiger charge is 2.37. The molecule has 3 nitrogen and oxygen atoms in total. The van der Waals surface area contributed by atoms with Crippen LogP contribution >= 0.6 is 11.3 Å². The molecule has 0 amide bonds. The molecule has 2 aliphatic heterocycles. The zero-order valence-electron chi connectivity index (χ0n) is 16.7. The van der Waals surface area contributed by atoms with Gasteiger partial charge in [-0.3, -0.25) is 9.80 Å². The van der Waals surface area contributed by atoms with Gasteiger partial charge in [0, 0.05) is 22.8 Å². The summed E-state index contributed by atoms with van der Waals surface area (Å²) in [5.41, 5.74) is 1.97. The van der Waals surface area contributed by atoms with Crippen molar-refractivity contribution in [1.29, 1.82) is 0 Å². The SMILES string of the molecule is COc1cccc(CN2CCC3(CC2)CCN(Cc2ccc(C)s2)CC3)c1. The van der Waals surface area contributed by atoms with E-state index in [1.54, 1.807) is 7.11 Å². The van der Waals surface area contributed by atoms with Gasteiger partial charge in [-0.2, -0.15) is 0 Å². The Labute approximate surface area is 167 Å². The van der Waals surface area contributed by atoms with Crippen LogP contribution in [0.5, 0.6) is 5.75 Å². The van der Waals surface area contributed by atoms with Crippen molar-refractivity contribution in [3.63, 3.8) is 0 Å². The second kappa shape index (κ2) is 8.34. The third kappa shape index (κ3) is 4.74. The quantitative estimate of drug-likeness (QED) is 0.726. The number of piperidine rings is 2. The molecule has 0 unspecified atom stereocenters. The van der Waals surface area contributed by atoms with E-state index in [1.807, 2.05) is 17.4 Å². The normalized spacial score (nSPS) is 20.8. The molecule has 146 valence electrons. The van der Waals surface area contributed by atoms with Crippen LogP contribution < -0.4 is 4.74 Å². The number of methoxy groups -OCH3 is 1. The van der Waals surface area contributed by atoms with Crippen molar-refractivity contribution in [3.05, 3.63) is 51.7 Å². The molecule has 0 atom stereocenters. The number of aryl methyl sites for hydroxylation is 1. The van der Waals surface area contributed by atoms with Crippen LogP contribution in [0, 0.1) is 12.3 Å². The van der Waals surface area contributed by atoms with Crippen molar-refractivity contribution in [1.82, 2.24) is 9.80 Å². The molecule has 0 bridgehead atoms. The monoisotopic (exact) mass is 384 g/mol. The fourth-order valence-corrected chi connectivity index (χ4v) is 5.62. The van der Waals surface area contributed by atoms with Crippen LogP contribution in [0.2, 0.25) is 0 Å². The topological polar surface area (TPSA) is 15.7 Å². The van der Waals surface area contributed by atoms with Crippen molar-refractivity contribution >= 4 is 11.3 Å². The summed E-state index contributed by atoms with van der Waals surface area (Å²) in [5.74, 6) is 0.967. The lowest BCUT2D eigenvalue weighted by Gasteiger charge is -2.47.